The van der Waals surface area contributed by atoms with Crippen LogP contribution in [0.5, 0.6) is 0 Å². The van der Waals surface area contributed by atoms with Crippen LogP contribution >= 0.6 is 31.9 Å². The number of rotatable bonds is 1. The molecule has 4 aliphatic rings. The minimum absolute atomic E-state index is 0.465. The van der Waals surface area contributed by atoms with Crippen molar-refractivity contribution in [2.75, 3.05) is 11.4 Å². The molecule has 2 aliphatic heterocycles. The van der Waals surface area contributed by atoms with E-state index in [4.69, 9.17) is 0 Å². The molecular weight excluding hydrogens is 462 g/mol. The van der Waals surface area contributed by atoms with Gasteiger partial charge in [-0.3, -0.25) is 0 Å². The lowest BCUT2D eigenvalue weighted by Crippen LogP contribution is -2.46. The lowest BCUT2D eigenvalue weighted by Gasteiger charge is -2.51. The molecule has 1 nitrogen and oxygen atoms in total. The molecular formula is C24H21Br2N. The highest BCUT2D eigenvalue weighted by Crippen LogP contribution is 2.59. The molecule has 27 heavy (non-hydrogen) atoms. The number of benzene rings is 2. The molecule has 0 spiro atoms. The molecule has 0 bridgehead atoms. The van der Waals surface area contributed by atoms with Crippen LogP contribution < -0.4 is 4.90 Å². The van der Waals surface area contributed by atoms with Crippen LogP contribution in [0.4, 0.5) is 5.69 Å². The van der Waals surface area contributed by atoms with Crippen LogP contribution in [-0.4, -0.2) is 6.54 Å². The fourth-order valence-electron chi connectivity index (χ4n) is 5.98. The van der Waals surface area contributed by atoms with Crippen molar-refractivity contribution in [3.63, 3.8) is 0 Å². The number of fused-ring (bicyclic) bond motifs is 4. The summed E-state index contributed by atoms with van der Waals surface area (Å²) >= 11 is 7.43. The largest absolute Gasteiger partial charge is 0.363 e. The van der Waals surface area contributed by atoms with Crippen LogP contribution in [-0.2, 0) is 0 Å². The first-order valence-electron chi connectivity index (χ1n) is 9.89. The van der Waals surface area contributed by atoms with E-state index in [0.29, 0.717) is 29.7 Å². The average molecular weight is 483 g/mol. The highest BCUT2D eigenvalue weighted by molar-refractivity contribution is 9.10. The Morgan fingerprint density at radius 1 is 0.815 bits per heavy atom. The fourth-order valence-corrected chi connectivity index (χ4v) is 6.74. The molecule has 0 amide bonds. The number of allylic oxidation sites excluding steroid dienone is 4. The predicted octanol–water partition coefficient (Wildman–Crippen LogP) is 7.11. The van der Waals surface area contributed by atoms with Gasteiger partial charge in [0, 0.05) is 33.0 Å². The molecule has 6 rings (SSSR count). The summed E-state index contributed by atoms with van der Waals surface area (Å²) in [4.78, 5) is 2.77. The zero-order valence-electron chi connectivity index (χ0n) is 15.0. The van der Waals surface area contributed by atoms with Gasteiger partial charge in [0.1, 0.15) is 0 Å². The number of hydrogen-bond acceptors (Lipinski definition) is 1. The van der Waals surface area contributed by atoms with Gasteiger partial charge in [-0.1, -0.05) is 68.3 Å². The first-order valence-corrected chi connectivity index (χ1v) is 11.5. The molecule has 0 radical (unpaired) electrons. The van der Waals surface area contributed by atoms with Crippen molar-refractivity contribution in [1.29, 1.82) is 0 Å². The quantitative estimate of drug-likeness (QED) is 0.391. The van der Waals surface area contributed by atoms with Crippen LogP contribution in [0, 0.1) is 11.8 Å². The number of nitrogens with zero attached hydrogens (tertiary/aromatic N) is 1. The van der Waals surface area contributed by atoms with E-state index in [1.54, 1.807) is 0 Å². The first-order chi connectivity index (χ1) is 13.2. The van der Waals surface area contributed by atoms with Crippen molar-refractivity contribution < 1.29 is 0 Å². The summed E-state index contributed by atoms with van der Waals surface area (Å²) in [6, 6.07) is 14.3. The molecule has 136 valence electrons. The average Bonchev–Trinajstić information content (AvgIpc) is 3.32. The predicted molar refractivity (Wildman–Crippen MR) is 118 cm³/mol. The molecule has 0 fully saturated rings. The Hall–Kier alpha value is -1.32. The van der Waals surface area contributed by atoms with Crippen LogP contribution in [0.15, 0.2) is 69.6 Å². The van der Waals surface area contributed by atoms with Crippen molar-refractivity contribution in [1.82, 2.24) is 0 Å². The minimum Gasteiger partial charge on any atom is -0.363 e. The number of hydrogen-bond donors (Lipinski definition) is 0. The fraction of sp³-hybridized carbons (Fsp3) is 0.333. The second-order valence-corrected chi connectivity index (χ2v) is 10.2. The van der Waals surface area contributed by atoms with Gasteiger partial charge in [0.05, 0.1) is 6.04 Å². The summed E-state index contributed by atoms with van der Waals surface area (Å²) in [6.07, 6.45) is 12.1. The van der Waals surface area contributed by atoms with E-state index in [0.717, 1.165) is 4.47 Å². The Balaban J connectivity index is 1.59. The highest BCUT2D eigenvalue weighted by atomic mass is 79.9. The van der Waals surface area contributed by atoms with Crippen LogP contribution in [0.25, 0.3) is 0 Å². The minimum atomic E-state index is 0.465. The van der Waals surface area contributed by atoms with Gasteiger partial charge in [0.25, 0.3) is 0 Å². The Morgan fingerprint density at radius 3 is 2.33 bits per heavy atom. The summed E-state index contributed by atoms with van der Waals surface area (Å²) in [7, 11) is 0. The van der Waals surface area contributed by atoms with Gasteiger partial charge in [-0.05, 0) is 65.6 Å². The molecule has 0 unspecified atom stereocenters. The third-order valence-corrected chi connectivity index (χ3v) is 8.01. The molecule has 3 heteroatoms. The highest BCUT2D eigenvalue weighted by Gasteiger charge is 2.47. The van der Waals surface area contributed by atoms with Crippen molar-refractivity contribution in [2.24, 2.45) is 11.8 Å². The molecule has 0 aromatic heterocycles. The Morgan fingerprint density at radius 2 is 1.52 bits per heavy atom. The lowest BCUT2D eigenvalue weighted by molar-refractivity contribution is 0.335. The zero-order valence-corrected chi connectivity index (χ0v) is 18.2. The van der Waals surface area contributed by atoms with Crippen LogP contribution in [0.1, 0.15) is 47.4 Å². The smallest absolute Gasteiger partial charge is 0.0582 e. The second kappa shape index (κ2) is 6.09. The molecule has 2 aromatic rings. The lowest BCUT2D eigenvalue weighted by atomic mass is 9.71. The van der Waals surface area contributed by atoms with Crippen molar-refractivity contribution >= 4 is 37.5 Å². The van der Waals surface area contributed by atoms with E-state index in [1.165, 1.54) is 46.2 Å². The third-order valence-electron chi connectivity index (χ3n) is 7.03. The standard InChI is InChI=1S/C24H21Br2N/c25-16-9-7-14(8-10-16)23-20-6-2-5-19(20)22-12-17(26)11-21-18-4-1-3-15(18)13-27(23)24(21)22/h1-2,4-5,7-12,15,18-20,23H,3,6,13H2/t15-,18+,19+,20-,23-/m1/s1. The van der Waals surface area contributed by atoms with Gasteiger partial charge in [-0.15, -0.1) is 0 Å². The molecule has 5 atom stereocenters. The van der Waals surface area contributed by atoms with Crippen molar-refractivity contribution in [3.8, 4) is 0 Å². The van der Waals surface area contributed by atoms with E-state index in [-0.39, 0.29) is 0 Å². The summed E-state index contributed by atoms with van der Waals surface area (Å²) in [5.74, 6) is 2.46. The topological polar surface area (TPSA) is 3.24 Å². The van der Waals surface area contributed by atoms with Gasteiger partial charge >= 0.3 is 0 Å². The van der Waals surface area contributed by atoms with Gasteiger partial charge in [-0.2, -0.15) is 0 Å². The van der Waals surface area contributed by atoms with Gasteiger partial charge < -0.3 is 4.90 Å². The van der Waals surface area contributed by atoms with E-state index >= 15 is 0 Å². The summed E-state index contributed by atoms with van der Waals surface area (Å²) < 4.78 is 2.39. The molecule has 2 aromatic carbocycles. The molecule has 2 aliphatic carbocycles. The maximum Gasteiger partial charge on any atom is 0.0582 e. The maximum atomic E-state index is 3.82. The summed E-state index contributed by atoms with van der Waals surface area (Å²) in [6.45, 7) is 1.17. The SMILES string of the molecule is Brc1ccc([C@@H]2[C@@H]3CC=C[C@@H]3c3cc(Br)cc4c3N2C[C@H]2CC=C[C@H]42)cc1. The number of halogens is 2. The van der Waals surface area contributed by atoms with E-state index < -0.39 is 0 Å². The Kier molecular flexibility index (Phi) is 3.75. The Labute approximate surface area is 177 Å². The maximum absolute atomic E-state index is 3.82. The molecule has 0 N–H and O–H groups in total. The summed E-state index contributed by atoms with van der Waals surface area (Å²) in [5.41, 5.74) is 6.04. The Bertz CT molecular complexity index is 957. The van der Waals surface area contributed by atoms with Crippen LogP contribution in [0.2, 0.25) is 0 Å². The summed E-state index contributed by atoms with van der Waals surface area (Å²) in [5, 5.41) is 0. The zero-order chi connectivity index (χ0) is 18.1. The van der Waals surface area contributed by atoms with Crippen LogP contribution in [0.3, 0.4) is 0 Å². The van der Waals surface area contributed by atoms with E-state index in [9.17, 15) is 0 Å². The monoisotopic (exact) mass is 481 g/mol. The number of anilines is 1. The molecule has 0 saturated carbocycles. The van der Waals surface area contributed by atoms with Gasteiger partial charge in [-0.25, -0.2) is 0 Å². The first kappa shape index (κ1) is 16.6. The third kappa shape index (κ3) is 2.40. The van der Waals surface area contributed by atoms with Gasteiger partial charge in [0.2, 0.25) is 0 Å². The van der Waals surface area contributed by atoms with E-state index in [2.05, 4.69) is 97.5 Å². The normalized spacial score (nSPS) is 32.4. The van der Waals surface area contributed by atoms with Crippen molar-refractivity contribution in [2.45, 2.75) is 30.7 Å². The second-order valence-electron chi connectivity index (χ2n) is 8.38. The molecule has 0 saturated heterocycles. The molecule has 2 heterocycles. The van der Waals surface area contributed by atoms with Crippen molar-refractivity contribution in [3.05, 3.63) is 86.3 Å². The van der Waals surface area contributed by atoms with Gasteiger partial charge in [0.15, 0.2) is 0 Å². The van der Waals surface area contributed by atoms with E-state index in [1.807, 2.05) is 0 Å².